The maximum absolute atomic E-state index is 12.9. The van der Waals surface area contributed by atoms with E-state index >= 15 is 0 Å². The summed E-state index contributed by atoms with van der Waals surface area (Å²) in [6, 6.07) is 4.45. The highest BCUT2D eigenvalue weighted by Crippen LogP contribution is 2.39. The van der Waals surface area contributed by atoms with Gasteiger partial charge in [-0.2, -0.15) is 0 Å². The standard InChI is InChI=1S/C9H7BrCl2F2/c1-9(13,14)8(10)5-2-3-6(11)7(12)4-5/h2-4,8H,1H3. The molecule has 0 aliphatic rings. The molecule has 1 atom stereocenters. The molecule has 0 saturated heterocycles. The Morgan fingerprint density at radius 3 is 2.29 bits per heavy atom. The van der Waals surface area contributed by atoms with Crippen LogP contribution in [-0.2, 0) is 0 Å². The fourth-order valence-corrected chi connectivity index (χ4v) is 1.55. The van der Waals surface area contributed by atoms with Crippen LogP contribution < -0.4 is 0 Å². The lowest BCUT2D eigenvalue weighted by Gasteiger charge is -2.18. The number of rotatable bonds is 2. The highest BCUT2D eigenvalue weighted by molar-refractivity contribution is 9.09. The molecule has 0 spiro atoms. The van der Waals surface area contributed by atoms with Gasteiger partial charge in [0.25, 0.3) is 5.92 Å². The summed E-state index contributed by atoms with van der Waals surface area (Å²) in [5.41, 5.74) is 0.409. The molecule has 1 aromatic carbocycles. The molecule has 1 aromatic rings. The minimum absolute atomic E-state index is 0.276. The lowest BCUT2D eigenvalue weighted by molar-refractivity contribution is 0.0213. The van der Waals surface area contributed by atoms with E-state index in [0.29, 0.717) is 10.6 Å². The summed E-state index contributed by atoms with van der Waals surface area (Å²) >= 11 is 14.3. The third-order valence-corrected chi connectivity index (χ3v) is 3.75. The molecule has 0 bridgehead atoms. The van der Waals surface area contributed by atoms with Gasteiger partial charge >= 0.3 is 0 Å². The Labute approximate surface area is 99.3 Å². The molecule has 5 heteroatoms. The summed E-state index contributed by atoms with van der Waals surface area (Å²) in [6.45, 7) is 0.842. The van der Waals surface area contributed by atoms with Crippen molar-refractivity contribution in [1.82, 2.24) is 0 Å². The van der Waals surface area contributed by atoms with E-state index in [9.17, 15) is 8.78 Å². The van der Waals surface area contributed by atoms with Crippen LogP contribution in [0, 0.1) is 0 Å². The van der Waals surface area contributed by atoms with Crippen LogP contribution in [0.15, 0.2) is 18.2 Å². The van der Waals surface area contributed by atoms with Crippen LogP contribution in [0.1, 0.15) is 17.3 Å². The summed E-state index contributed by atoms with van der Waals surface area (Å²) in [5.74, 6) is -2.84. The third kappa shape index (κ3) is 2.81. The van der Waals surface area contributed by atoms with E-state index in [1.165, 1.54) is 18.2 Å². The van der Waals surface area contributed by atoms with Crippen LogP contribution in [0.5, 0.6) is 0 Å². The summed E-state index contributed by atoms with van der Waals surface area (Å²) in [6.07, 6.45) is 0. The highest BCUT2D eigenvalue weighted by atomic mass is 79.9. The smallest absolute Gasteiger partial charge is 0.206 e. The van der Waals surface area contributed by atoms with E-state index in [2.05, 4.69) is 15.9 Å². The van der Waals surface area contributed by atoms with Crippen LogP contribution in [0.25, 0.3) is 0 Å². The van der Waals surface area contributed by atoms with E-state index in [1.54, 1.807) is 0 Å². The van der Waals surface area contributed by atoms with Crippen LogP contribution in [0.3, 0.4) is 0 Å². The first-order valence-corrected chi connectivity index (χ1v) is 5.46. The third-order valence-electron chi connectivity index (χ3n) is 1.68. The summed E-state index contributed by atoms with van der Waals surface area (Å²) < 4.78 is 25.8. The van der Waals surface area contributed by atoms with Gasteiger partial charge in [-0.3, -0.25) is 0 Å². The molecule has 0 nitrogen and oxygen atoms in total. The quantitative estimate of drug-likeness (QED) is 0.668. The van der Waals surface area contributed by atoms with Crippen LogP contribution in [0.2, 0.25) is 10.0 Å². The van der Waals surface area contributed by atoms with Gasteiger partial charge < -0.3 is 0 Å². The Bertz CT molecular complexity index is 336. The molecule has 0 saturated carbocycles. The second kappa shape index (κ2) is 4.33. The van der Waals surface area contributed by atoms with Gasteiger partial charge in [0.2, 0.25) is 0 Å². The Morgan fingerprint density at radius 1 is 1.29 bits per heavy atom. The van der Waals surface area contributed by atoms with Gasteiger partial charge in [-0.05, 0) is 17.7 Å². The van der Waals surface area contributed by atoms with Crippen molar-refractivity contribution in [2.45, 2.75) is 17.7 Å². The maximum atomic E-state index is 12.9. The molecule has 0 fully saturated rings. The first-order valence-electron chi connectivity index (χ1n) is 3.79. The molecule has 0 aliphatic carbocycles. The first-order chi connectivity index (χ1) is 6.32. The molecule has 14 heavy (non-hydrogen) atoms. The van der Waals surface area contributed by atoms with Crippen LogP contribution >= 0.6 is 39.1 Å². The molecular formula is C9H7BrCl2F2. The Balaban J connectivity index is 3.03. The Morgan fingerprint density at radius 2 is 1.86 bits per heavy atom. The summed E-state index contributed by atoms with van der Waals surface area (Å²) in [4.78, 5) is -1.05. The van der Waals surface area contributed by atoms with Crippen molar-refractivity contribution in [3.05, 3.63) is 33.8 Å². The molecule has 1 unspecified atom stereocenters. The van der Waals surface area contributed by atoms with E-state index in [-0.39, 0.29) is 5.02 Å². The average molecular weight is 304 g/mol. The number of benzene rings is 1. The molecule has 0 aromatic heterocycles. The van der Waals surface area contributed by atoms with E-state index < -0.39 is 10.7 Å². The summed E-state index contributed by atoms with van der Waals surface area (Å²) in [7, 11) is 0. The van der Waals surface area contributed by atoms with Crippen LogP contribution in [-0.4, -0.2) is 5.92 Å². The minimum Gasteiger partial charge on any atom is -0.206 e. The maximum Gasteiger partial charge on any atom is 0.261 e. The normalized spacial score (nSPS) is 14.1. The lowest BCUT2D eigenvalue weighted by atomic mass is 10.1. The van der Waals surface area contributed by atoms with Crippen molar-refractivity contribution in [2.75, 3.05) is 0 Å². The molecule has 78 valence electrons. The van der Waals surface area contributed by atoms with Crippen LogP contribution in [0.4, 0.5) is 8.78 Å². The van der Waals surface area contributed by atoms with Crippen molar-refractivity contribution in [2.24, 2.45) is 0 Å². The van der Waals surface area contributed by atoms with Crippen molar-refractivity contribution >= 4 is 39.1 Å². The van der Waals surface area contributed by atoms with Gasteiger partial charge in [-0.15, -0.1) is 0 Å². The number of halogens is 5. The van der Waals surface area contributed by atoms with Gasteiger partial charge in [0, 0.05) is 6.92 Å². The molecule has 0 heterocycles. The first kappa shape index (κ1) is 12.2. The zero-order valence-corrected chi connectivity index (χ0v) is 10.3. The molecule has 0 amide bonds. The van der Waals surface area contributed by atoms with Gasteiger partial charge in [0.15, 0.2) is 0 Å². The van der Waals surface area contributed by atoms with Crippen molar-refractivity contribution < 1.29 is 8.78 Å². The zero-order chi connectivity index (χ0) is 10.9. The van der Waals surface area contributed by atoms with E-state index in [0.717, 1.165) is 6.92 Å². The van der Waals surface area contributed by atoms with Gasteiger partial charge in [-0.25, -0.2) is 8.78 Å². The van der Waals surface area contributed by atoms with E-state index in [4.69, 9.17) is 23.2 Å². The predicted molar refractivity (Wildman–Crippen MR) is 58.8 cm³/mol. The minimum atomic E-state index is -2.84. The SMILES string of the molecule is CC(F)(F)C(Br)c1ccc(Cl)c(Cl)c1. The van der Waals surface area contributed by atoms with Gasteiger partial charge in [0.1, 0.15) is 4.83 Å². The largest absolute Gasteiger partial charge is 0.261 e. The molecule has 0 radical (unpaired) electrons. The molecule has 1 rings (SSSR count). The molecular weight excluding hydrogens is 297 g/mol. The van der Waals surface area contributed by atoms with Gasteiger partial charge in [0.05, 0.1) is 10.0 Å². The monoisotopic (exact) mass is 302 g/mol. The van der Waals surface area contributed by atoms with Crippen molar-refractivity contribution in [1.29, 1.82) is 0 Å². The number of hydrogen-bond acceptors (Lipinski definition) is 0. The lowest BCUT2D eigenvalue weighted by Crippen LogP contribution is -2.16. The number of alkyl halides is 3. The fourth-order valence-electron chi connectivity index (χ4n) is 0.963. The van der Waals surface area contributed by atoms with Crippen molar-refractivity contribution in [3.63, 3.8) is 0 Å². The topological polar surface area (TPSA) is 0 Å². The average Bonchev–Trinajstić information content (AvgIpc) is 2.07. The molecule has 0 aliphatic heterocycles. The van der Waals surface area contributed by atoms with Crippen molar-refractivity contribution in [3.8, 4) is 0 Å². The Hall–Kier alpha value is 0.140. The Kier molecular flexibility index (Phi) is 3.78. The fraction of sp³-hybridized carbons (Fsp3) is 0.333. The molecule has 0 N–H and O–H groups in total. The van der Waals surface area contributed by atoms with Gasteiger partial charge in [-0.1, -0.05) is 45.2 Å². The number of hydrogen-bond donors (Lipinski definition) is 0. The zero-order valence-electron chi connectivity index (χ0n) is 7.20. The second-order valence-corrected chi connectivity index (χ2v) is 4.72. The summed E-state index contributed by atoms with van der Waals surface area (Å²) in [5, 5.41) is 0.632. The second-order valence-electron chi connectivity index (χ2n) is 2.99. The highest BCUT2D eigenvalue weighted by Gasteiger charge is 2.33. The van der Waals surface area contributed by atoms with E-state index in [1.807, 2.05) is 0 Å². The predicted octanol–water partition coefficient (Wildman–Crippen LogP) is 5.08.